The number of rotatable bonds is 4. The van der Waals surface area contributed by atoms with Gasteiger partial charge in [-0.05, 0) is 26.0 Å². The standard InChI is InChI=1S/C18H23N3OS/c1-14-5-3-4-6-16(14)18-19-15(13-23-18)7-8-17(22)21-11-9-20(2)10-12-21/h3-6,13H,7-12H2,1-2H3. The second kappa shape index (κ2) is 7.23. The van der Waals surface area contributed by atoms with Crippen LogP contribution in [0, 0.1) is 6.92 Å². The predicted octanol–water partition coefficient (Wildman–Crippen LogP) is 2.83. The molecule has 1 amide bonds. The quantitative estimate of drug-likeness (QED) is 0.865. The SMILES string of the molecule is Cc1ccccc1-c1nc(CCC(=O)N2CCN(C)CC2)cs1. The lowest BCUT2D eigenvalue weighted by Gasteiger charge is -2.32. The van der Waals surface area contributed by atoms with Crippen molar-refractivity contribution in [1.82, 2.24) is 14.8 Å². The fourth-order valence-electron chi connectivity index (χ4n) is 2.81. The molecular formula is C18H23N3OS. The van der Waals surface area contributed by atoms with Crippen molar-refractivity contribution >= 4 is 17.2 Å². The summed E-state index contributed by atoms with van der Waals surface area (Å²) in [5, 5.41) is 3.13. The van der Waals surface area contributed by atoms with Crippen LogP contribution in [0.2, 0.25) is 0 Å². The maximum Gasteiger partial charge on any atom is 0.223 e. The molecule has 1 aromatic heterocycles. The number of benzene rings is 1. The smallest absolute Gasteiger partial charge is 0.223 e. The zero-order chi connectivity index (χ0) is 16.2. The molecule has 0 aliphatic carbocycles. The van der Waals surface area contributed by atoms with Crippen molar-refractivity contribution < 1.29 is 4.79 Å². The van der Waals surface area contributed by atoms with E-state index in [0.717, 1.165) is 43.3 Å². The van der Waals surface area contributed by atoms with Gasteiger partial charge in [-0.25, -0.2) is 4.98 Å². The summed E-state index contributed by atoms with van der Waals surface area (Å²) in [7, 11) is 2.10. The van der Waals surface area contributed by atoms with E-state index in [1.165, 1.54) is 11.1 Å². The summed E-state index contributed by atoms with van der Waals surface area (Å²) < 4.78 is 0. The normalized spacial score (nSPS) is 15.8. The fourth-order valence-corrected chi connectivity index (χ4v) is 3.75. The Balaban J connectivity index is 1.57. The van der Waals surface area contributed by atoms with E-state index in [4.69, 9.17) is 4.98 Å². The molecule has 0 spiro atoms. The Morgan fingerprint density at radius 2 is 1.96 bits per heavy atom. The monoisotopic (exact) mass is 329 g/mol. The first kappa shape index (κ1) is 16.1. The van der Waals surface area contributed by atoms with E-state index in [0.29, 0.717) is 6.42 Å². The van der Waals surface area contributed by atoms with E-state index in [9.17, 15) is 4.79 Å². The molecule has 1 fully saturated rings. The van der Waals surface area contributed by atoms with E-state index in [1.807, 2.05) is 17.0 Å². The Kier molecular flexibility index (Phi) is 5.08. The maximum absolute atomic E-state index is 12.3. The van der Waals surface area contributed by atoms with Gasteiger partial charge in [0.2, 0.25) is 5.91 Å². The number of nitrogens with zero attached hydrogens (tertiary/aromatic N) is 3. The zero-order valence-corrected chi connectivity index (χ0v) is 14.6. The lowest BCUT2D eigenvalue weighted by atomic mass is 10.1. The molecule has 5 heteroatoms. The van der Waals surface area contributed by atoms with Gasteiger partial charge in [-0.3, -0.25) is 4.79 Å². The van der Waals surface area contributed by atoms with Crippen LogP contribution in [-0.4, -0.2) is 53.9 Å². The third kappa shape index (κ3) is 3.98. The van der Waals surface area contributed by atoms with Crippen molar-refractivity contribution in [2.45, 2.75) is 19.8 Å². The number of thiazole rings is 1. The van der Waals surface area contributed by atoms with Crippen LogP contribution in [0.25, 0.3) is 10.6 Å². The average molecular weight is 329 g/mol. The molecule has 0 saturated carbocycles. The highest BCUT2D eigenvalue weighted by atomic mass is 32.1. The number of hydrogen-bond donors (Lipinski definition) is 0. The molecular weight excluding hydrogens is 306 g/mol. The highest BCUT2D eigenvalue weighted by Crippen LogP contribution is 2.27. The molecule has 0 bridgehead atoms. The fraction of sp³-hybridized carbons (Fsp3) is 0.444. The molecule has 1 aliphatic rings. The van der Waals surface area contributed by atoms with Crippen LogP contribution in [-0.2, 0) is 11.2 Å². The van der Waals surface area contributed by atoms with Gasteiger partial charge in [0.25, 0.3) is 0 Å². The summed E-state index contributed by atoms with van der Waals surface area (Å²) in [5.74, 6) is 0.253. The summed E-state index contributed by atoms with van der Waals surface area (Å²) in [4.78, 5) is 21.2. The minimum absolute atomic E-state index is 0.253. The van der Waals surface area contributed by atoms with Crippen molar-refractivity contribution in [3.8, 4) is 10.6 Å². The largest absolute Gasteiger partial charge is 0.340 e. The molecule has 0 unspecified atom stereocenters. The first-order valence-corrected chi connectivity index (χ1v) is 8.98. The Hall–Kier alpha value is -1.72. The van der Waals surface area contributed by atoms with Crippen LogP contribution in [0.4, 0.5) is 0 Å². The Morgan fingerprint density at radius 1 is 1.22 bits per heavy atom. The van der Waals surface area contributed by atoms with Gasteiger partial charge in [0.15, 0.2) is 0 Å². The summed E-state index contributed by atoms with van der Waals surface area (Å²) in [6.07, 6.45) is 1.29. The number of likely N-dealkylation sites (N-methyl/N-ethyl adjacent to an activating group) is 1. The summed E-state index contributed by atoms with van der Waals surface area (Å²) in [6.45, 7) is 5.74. The van der Waals surface area contributed by atoms with Gasteiger partial charge >= 0.3 is 0 Å². The highest BCUT2D eigenvalue weighted by Gasteiger charge is 2.19. The van der Waals surface area contributed by atoms with E-state index in [1.54, 1.807) is 11.3 Å². The van der Waals surface area contributed by atoms with Crippen LogP contribution < -0.4 is 0 Å². The molecule has 122 valence electrons. The molecule has 1 saturated heterocycles. The van der Waals surface area contributed by atoms with Crippen LogP contribution in [0.3, 0.4) is 0 Å². The predicted molar refractivity (Wildman–Crippen MR) is 94.7 cm³/mol. The van der Waals surface area contributed by atoms with Crippen LogP contribution >= 0.6 is 11.3 Å². The summed E-state index contributed by atoms with van der Waals surface area (Å²) in [6, 6.07) is 8.29. The first-order valence-electron chi connectivity index (χ1n) is 8.10. The van der Waals surface area contributed by atoms with Gasteiger partial charge in [-0.15, -0.1) is 11.3 Å². The minimum Gasteiger partial charge on any atom is -0.340 e. The number of piperazine rings is 1. The molecule has 2 heterocycles. The van der Waals surface area contributed by atoms with Gasteiger partial charge < -0.3 is 9.80 Å². The van der Waals surface area contributed by atoms with Crippen LogP contribution in [0.15, 0.2) is 29.6 Å². The van der Waals surface area contributed by atoms with Gasteiger partial charge in [0.1, 0.15) is 5.01 Å². The second-order valence-electron chi connectivity index (χ2n) is 6.14. The van der Waals surface area contributed by atoms with Crippen LogP contribution in [0.5, 0.6) is 0 Å². The van der Waals surface area contributed by atoms with Crippen molar-refractivity contribution in [3.05, 3.63) is 40.9 Å². The third-order valence-electron chi connectivity index (χ3n) is 4.38. The average Bonchev–Trinajstić information content (AvgIpc) is 3.02. The highest BCUT2D eigenvalue weighted by molar-refractivity contribution is 7.13. The van der Waals surface area contributed by atoms with Crippen molar-refractivity contribution in [1.29, 1.82) is 0 Å². The number of hydrogen-bond acceptors (Lipinski definition) is 4. The van der Waals surface area contributed by atoms with Gasteiger partial charge in [-0.2, -0.15) is 0 Å². The minimum atomic E-state index is 0.253. The van der Waals surface area contributed by atoms with Gasteiger partial charge in [-0.1, -0.05) is 24.3 Å². The molecule has 1 aromatic carbocycles. The van der Waals surface area contributed by atoms with E-state index < -0.39 is 0 Å². The van der Waals surface area contributed by atoms with Crippen molar-refractivity contribution in [2.24, 2.45) is 0 Å². The molecule has 4 nitrogen and oxygen atoms in total. The Bertz CT molecular complexity index is 674. The van der Waals surface area contributed by atoms with E-state index >= 15 is 0 Å². The molecule has 0 radical (unpaired) electrons. The lowest BCUT2D eigenvalue weighted by molar-refractivity contribution is -0.132. The molecule has 0 atom stereocenters. The number of aromatic nitrogens is 1. The molecule has 0 N–H and O–H groups in total. The van der Waals surface area contributed by atoms with E-state index in [2.05, 4.69) is 36.4 Å². The maximum atomic E-state index is 12.3. The Morgan fingerprint density at radius 3 is 2.70 bits per heavy atom. The second-order valence-corrected chi connectivity index (χ2v) is 7.00. The molecule has 23 heavy (non-hydrogen) atoms. The molecule has 2 aromatic rings. The number of aryl methyl sites for hydroxylation is 2. The lowest BCUT2D eigenvalue weighted by Crippen LogP contribution is -2.47. The van der Waals surface area contributed by atoms with E-state index in [-0.39, 0.29) is 5.91 Å². The Labute approximate surface area is 141 Å². The van der Waals surface area contributed by atoms with Crippen molar-refractivity contribution in [3.63, 3.8) is 0 Å². The molecule has 3 rings (SSSR count). The van der Waals surface area contributed by atoms with Crippen LogP contribution in [0.1, 0.15) is 17.7 Å². The topological polar surface area (TPSA) is 36.4 Å². The third-order valence-corrected chi connectivity index (χ3v) is 5.30. The summed E-state index contributed by atoms with van der Waals surface area (Å²) >= 11 is 1.66. The number of carbonyl (C=O) groups excluding carboxylic acids is 1. The number of carbonyl (C=O) groups is 1. The zero-order valence-electron chi connectivity index (χ0n) is 13.8. The number of amides is 1. The summed E-state index contributed by atoms with van der Waals surface area (Å²) in [5.41, 5.74) is 3.45. The molecule has 1 aliphatic heterocycles. The van der Waals surface area contributed by atoms with Gasteiger partial charge in [0, 0.05) is 43.5 Å². The van der Waals surface area contributed by atoms with Crippen molar-refractivity contribution in [2.75, 3.05) is 33.2 Å². The van der Waals surface area contributed by atoms with Gasteiger partial charge in [0.05, 0.1) is 5.69 Å². The first-order chi connectivity index (χ1) is 11.1.